The Bertz CT molecular complexity index is 576. The average Bonchev–Trinajstić information content (AvgIpc) is 2.46. The van der Waals surface area contributed by atoms with Crippen molar-refractivity contribution in [3.63, 3.8) is 0 Å². The highest BCUT2D eigenvalue weighted by Crippen LogP contribution is 2.11. The molecule has 1 rings (SSSR count). The average molecular weight is 504 g/mol. The van der Waals surface area contributed by atoms with Gasteiger partial charge < -0.3 is 10.2 Å². The quantitative estimate of drug-likeness (QED) is 0.368. The summed E-state index contributed by atoms with van der Waals surface area (Å²) in [7, 11) is 0.658. The number of halogens is 2. The van der Waals surface area contributed by atoms with E-state index in [1.54, 1.807) is 14.0 Å². The van der Waals surface area contributed by atoms with Crippen LogP contribution in [0.4, 0.5) is 0 Å². The number of rotatable bonds is 6. The van der Waals surface area contributed by atoms with Gasteiger partial charge in [0.05, 0.1) is 5.75 Å². The van der Waals surface area contributed by atoms with Crippen molar-refractivity contribution in [3.8, 4) is 0 Å². The van der Waals surface area contributed by atoms with Crippen molar-refractivity contribution in [2.45, 2.75) is 13.5 Å². The summed E-state index contributed by atoms with van der Waals surface area (Å²) in [6, 6.07) is 8.06. The maximum absolute atomic E-state index is 11.5. The molecule has 0 aliphatic carbocycles. The van der Waals surface area contributed by atoms with Crippen LogP contribution >= 0.6 is 39.9 Å². The second-order valence-electron chi connectivity index (χ2n) is 4.69. The molecule has 0 amide bonds. The summed E-state index contributed by atoms with van der Waals surface area (Å²) in [6.45, 7) is 2.73. The van der Waals surface area contributed by atoms with Gasteiger partial charge in [-0.05, 0) is 17.7 Å². The first-order valence-corrected chi connectivity index (χ1v) is 9.36. The fourth-order valence-corrected chi connectivity index (χ4v) is 2.75. The number of nitrogens with one attached hydrogen (secondary N) is 1. The number of benzene rings is 1. The Kier molecular flexibility index (Phi) is 10.3. The lowest BCUT2D eigenvalue weighted by molar-refractivity contribution is 0.478. The van der Waals surface area contributed by atoms with E-state index in [0.717, 1.165) is 10.0 Å². The van der Waals surface area contributed by atoms with Gasteiger partial charge in [-0.3, -0.25) is 4.99 Å². The number of hydrogen-bond donors (Lipinski definition) is 1. The molecule has 0 spiro atoms. The van der Waals surface area contributed by atoms with Crippen LogP contribution in [0.3, 0.4) is 0 Å². The predicted octanol–water partition coefficient (Wildman–Crippen LogP) is 2.51. The minimum atomic E-state index is -2.95. The largest absolute Gasteiger partial charge is 0.355 e. The van der Waals surface area contributed by atoms with Crippen molar-refractivity contribution < 1.29 is 8.42 Å². The second-order valence-corrected chi connectivity index (χ2v) is 8.08. The Morgan fingerprint density at radius 3 is 2.41 bits per heavy atom. The van der Waals surface area contributed by atoms with Crippen molar-refractivity contribution in [1.82, 2.24) is 10.2 Å². The van der Waals surface area contributed by atoms with E-state index in [0.29, 0.717) is 19.0 Å². The van der Waals surface area contributed by atoms with Crippen LogP contribution in [0, 0.1) is 0 Å². The molecule has 1 N–H and O–H groups in total. The summed E-state index contributed by atoms with van der Waals surface area (Å²) in [5.41, 5.74) is 1.16. The molecule has 0 unspecified atom stereocenters. The molecule has 0 aliphatic heterocycles. The molecule has 0 radical (unpaired) electrons. The molecule has 126 valence electrons. The first-order chi connectivity index (χ1) is 9.88. The maximum Gasteiger partial charge on any atom is 0.193 e. The lowest BCUT2D eigenvalue weighted by Gasteiger charge is -2.22. The van der Waals surface area contributed by atoms with Gasteiger partial charge in [-0.2, -0.15) is 0 Å². The van der Waals surface area contributed by atoms with E-state index >= 15 is 0 Å². The van der Waals surface area contributed by atoms with Crippen LogP contribution < -0.4 is 5.32 Å². The lowest BCUT2D eigenvalue weighted by atomic mass is 10.2. The van der Waals surface area contributed by atoms with Crippen LogP contribution in [0.2, 0.25) is 0 Å². The summed E-state index contributed by atoms with van der Waals surface area (Å²) in [5, 5.41) is 3.08. The number of nitrogens with zero attached hydrogens (tertiary/aromatic N) is 2. The fourth-order valence-electron chi connectivity index (χ4n) is 1.79. The van der Waals surface area contributed by atoms with E-state index in [4.69, 9.17) is 0 Å². The van der Waals surface area contributed by atoms with E-state index in [1.165, 1.54) is 0 Å². The van der Waals surface area contributed by atoms with Gasteiger partial charge >= 0.3 is 0 Å². The first kappa shape index (κ1) is 21.6. The predicted molar refractivity (Wildman–Crippen MR) is 107 cm³/mol. The van der Waals surface area contributed by atoms with Gasteiger partial charge in [0, 0.05) is 37.4 Å². The number of sulfone groups is 1. The molecule has 5 nitrogen and oxygen atoms in total. The summed E-state index contributed by atoms with van der Waals surface area (Å²) < 4.78 is 24.0. The smallest absolute Gasteiger partial charge is 0.193 e. The van der Waals surface area contributed by atoms with Crippen molar-refractivity contribution in [1.29, 1.82) is 0 Å². The Morgan fingerprint density at radius 2 is 1.91 bits per heavy atom. The van der Waals surface area contributed by atoms with Crippen molar-refractivity contribution in [2.75, 3.05) is 32.1 Å². The van der Waals surface area contributed by atoms with Gasteiger partial charge in [0.2, 0.25) is 0 Å². The molecule has 22 heavy (non-hydrogen) atoms. The zero-order valence-electron chi connectivity index (χ0n) is 13.0. The highest BCUT2D eigenvalue weighted by molar-refractivity contribution is 14.0. The second kappa shape index (κ2) is 10.4. The monoisotopic (exact) mass is 503 g/mol. The minimum absolute atomic E-state index is 0. The Balaban J connectivity index is 0.00000441. The molecule has 0 fully saturated rings. The van der Waals surface area contributed by atoms with Crippen LogP contribution in [0.15, 0.2) is 33.7 Å². The topological polar surface area (TPSA) is 61.8 Å². The summed E-state index contributed by atoms with van der Waals surface area (Å²) in [5.74, 6) is 0.973. The van der Waals surface area contributed by atoms with Gasteiger partial charge in [0.15, 0.2) is 15.8 Å². The SMILES string of the molecule is CCS(=O)(=O)CCNC(=NC)N(C)Cc1ccc(Br)cc1.I. The molecule has 0 atom stereocenters. The van der Waals surface area contributed by atoms with Gasteiger partial charge in [-0.15, -0.1) is 24.0 Å². The molecule has 0 bridgehead atoms. The van der Waals surface area contributed by atoms with Gasteiger partial charge in [0.1, 0.15) is 0 Å². The Hall–Kier alpha value is -0.350. The summed E-state index contributed by atoms with van der Waals surface area (Å²) >= 11 is 3.41. The molecule has 0 aliphatic rings. The summed E-state index contributed by atoms with van der Waals surface area (Å²) in [4.78, 5) is 6.13. The molecule has 0 saturated heterocycles. The maximum atomic E-state index is 11.5. The highest BCUT2D eigenvalue weighted by atomic mass is 127. The van der Waals surface area contributed by atoms with Crippen LogP contribution in [0.1, 0.15) is 12.5 Å². The van der Waals surface area contributed by atoms with Crippen molar-refractivity contribution >= 4 is 55.7 Å². The molecule has 1 aromatic carbocycles. The number of aliphatic imine (C=N–C) groups is 1. The third kappa shape index (κ3) is 7.77. The van der Waals surface area contributed by atoms with E-state index < -0.39 is 9.84 Å². The van der Waals surface area contributed by atoms with Crippen molar-refractivity contribution in [3.05, 3.63) is 34.3 Å². The molecular formula is C14H23BrIN3O2S. The van der Waals surface area contributed by atoms with E-state index in [9.17, 15) is 8.42 Å². The highest BCUT2D eigenvalue weighted by Gasteiger charge is 2.10. The van der Waals surface area contributed by atoms with Crippen molar-refractivity contribution in [2.24, 2.45) is 4.99 Å². The first-order valence-electron chi connectivity index (χ1n) is 6.74. The van der Waals surface area contributed by atoms with Crippen LogP contribution in [-0.4, -0.2) is 51.4 Å². The lowest BCUT2D eigenvalue weighted by Crippen LogP contribution is -2.40. The van der Waals surface area contributed by atoms with Crippen LogP contribution in [0.25, 0.3) is 0 Å². The molecule has 0 aromatic heterocycles. The van der Waals surface area contributed by atoms with E-state index in [1.807, 2.05) is 36.2 Å². The Labute approximate surface area is 158 Å². The number of hydrogen-bond acceptors (Lipinski definition) is 3. The molecule has 0 heterocycles. The van der Waals surface area contributed by atoms with E-state index in [-0.39, 0.29) is 35.5 Å². The zero-order valence-corrected chi connectivity index (χ0v) is 17.8. The summed E-state index contributed by atoms with van der Waals surface area (Å²) in [6.07, 6.45) is 0. The van der Waals surface area contributed by atoms with Gasteiger partial charge in [0.25, 0.3) is 0 Å². The van der Waals surface area contributed by atoms with Gasteiger partial charge in [-0.25, -0.2) is 8.42 Å². The molecular weight excluding hydrogens is 481 g/mol. The zero-order chi connectivity index (χ0) is 15.9. The van der Waals surface area contributed by atoms with Crippen LogP contribution in [-0.2, 0) is 16.4 Å². The fraction of sp³-hybridized carbons (Fsp3) is 0.500. The molecule has 1 aromatic rings. The molecule has 0 saturated carbocycles. The molecule has 8 heteroatoms. The van der Waals surface area contributed by atoms with E-state index in [2.05, 4.69) is 26.2 Å². The normalized spacial score (nSPS) is 11.7. The van der Waals surface area contributed by atoms with Crippen LogP contribution in [0.5, 0.6) is 0 Å². The third-order valence-corrected chi connectivity index (χ3v) is 5.28. The van der Waals surface area contributed by atoms with Gasteiger partial charge in [-0.1, -0.05) is 35.0 Å². The minimum Gasteiger partial charge on any atom is -0.355 e. The standard InChI is InChI=1S/C14H22BrN3O2S.HI/c1-4-21(19,20)10-9-17-14(16-2)18(3)11-12-5-7-13(15)8-6-12;/h5-8H,4,9-11H2,1-3H3,(H,16,17);1H. The third-order valence-electron chi connectivity index (χ3n) is 3.04. The Morgan fingerprint density at radius 1 is 1.32 bits per heavy atom. The number of guanidine groups is 1.